The van der Waals surface area contributed by atoms with Gasteiger partial charge in [-0.3, -0.25) is 4.79 Å². The van der Waals surface area contributed by atoms with Crippen LogP contribution in [0.2, 0.25) is 0 Å². The molecule has 0 aliphatic rings. The maximum atomic E-state index is 12.0. The van der Waals surface area contributed by atoms with E-state index in [4.69, 9.17) is 10.8 Å². The molecule has 1 amide bonds. The number of carbonyl (C=O) groups excluding carboxylic acids is 1. The minimum absolute atomic E-state index is 0.0176. The van der Waals surface area contributed by atoms with E-state index in [2.05, 4.69) is 0 Å². The number of benzene rings is 1. The molecule has 3 N–H and O–H groups in total. The van der Waals surface area contributed by atoms with E-state index >= 15 is 0 Å². The van der Waals surface area contributed by atoms with Gasteiger partial charge in [0.15, 0.2) is 0 Å². The second kappa shape index (κ2) is 6.12. The Bertz CT molecular complexity index is 335. The molecule has 1 aromatic carbocycles. The molecule has 4 heteroatoms. The summed E-state index contributed by atoms with van der Waals surface area (Å²) in [7, 11) is 0. The van der Waals surface area contributed by atoms with Gasteiger partial charge in [0, 0.05) is 18.7 Å². The van der Waals surface area contributed by atoms with Crippen molar-refractivity contribution in [1.29, 1.82) is 0 Å². The van der Waals surface area contributed by atoms with E-state index in [1.165, 1.54) is 12.1 Å². The van der Waals surface area contributed by atoms with Gasteiger partial charge in [-0.2, -0.15) is 0 Å². The van der Waals surface area contributed by atoms with Crippen molar-refractivity contribution in [3.05, 3.63) is 29.8 Å². The maximum absolute atomic E-state index is 12.0. The SMILES string of the molecule is CCN(CCCN)C(=O)c1ccc(O)cc1. The van der Waals surface area contributed by atoms with Crippen LogP contribution < -0.4 is 5.73 Å². The van der Waals surface area contributed by atoms with Crippen LogP contribution in [0.4, 0.5) is 0 Å². The van der Waals surface area contributed by atoms with Crippen molar-refractivity contribution in [2.45, 2.75) is 13.3 Å². The summed E-state index contributed by atoms with van der Waals surface area (Å²) < 4.78 is 0. The van der Waals surface area contributed by atoms with Crippen LogP contribution in [0.5, 0.6) is 5.75 Å². The highest BCUT2D eigenvalue weighted by Crippen LogP contribution is 2.11. The summed E-state index contributed by atoms with van der Waals surface area (Å²) in [6.45, 7) is 3.86. The molecule has 0 saturated heterocycles. The Morgan fingerprint density at radius 2 is 2.00 bits per heavy atom. The molecule has 1 rings (SSSR count). The second-order valence-electron chi connectivity index (χ2n) is 3.57. The largest absolute Gasteiger partial charge is 0.508 e. The number of carbonyl (C=O) groups is 1. The highest BCUT2D eigenvalue weighted by Gasteiger charge is 2.12. The molecule has 16 heavy (non-hydrogen) atoms. The average molecular weight is 222 g/mol. The minimum atomic E-state index is -0.0176. The van der Waals surface area contributed by atoms with Crippen LogP contribution in [0.25, 0.3) is 0 Å². The van der Waals surface area contributed by atoms with Crippen LogP contribution in [0, 0.1) is 0 Å². The first-order chi connectivity index (χ1) is 7.69. The lowest BCUT2D eigenvalue weighted by molar-refractivity contribution is 0.0763. The second-order valence-corrected chi connectivity index (χ2v) is 3.57. The summed E-state index contributed by atoms with van der Waals surface area (Å²) in [5.41, 5.74) is 6.01. The predicted octanol–water partition coefficient (Wildman–Crippen LogP) is 1.20. The number of phenolic OH excluding ortho intramolecular Hbond substituents is 1. The first-order valence-electron chi connectivity index (χ1n) is 5.47. The normalized spacial score (nSPS) is 10.1. The zero-order valence-electron chi connectivity index (χ0n) is 9.52. The van der Waals surface area contributed by atoms with Crippen molar-refractivity contribution in [3.8, 4) is 5.75 Å². The Labute approximate surface area is 95.7 Å². The lowest BCUT2D eigenvalue weighted by Gasteiger charge is -2.20. The zero-order valence-corrected chi connectivity index (χ0v) is 9.52. The monoisotopic (exact) mass is 222 g/mol. The van der Waals surface area contributed by atoms with Crippen molar-refractivity contribution in [3.63, 3.8) is 0 Å². The van der Waals surface area contributed by atoms with E-state index in [1.54, 1.807) is 17.0 Å². The van der Waals surface area contributed by atoms with Crippen LogP contribution in [-0.4, -0.2) is 35.5 Å². The summed E-state index contributed by atoms with van der Waals surface area (Å²) in [5.74, 6) is 0.150. The highest BCUT2D eigenvalue weighted by molar-refractivity contribution is 5.94. The van der Waals surface area contributed by atoms with Crippen molar-refractivity contribution in [2.24, 2.45) is 5.73 Å². The van der Waals surface area contributed by atoms with Gasteiger partial charge >= 0.3 is 0 Å². The van der Waals surface area contributed by atoms with Crippen LogP contribution in [-0.2, 0) is 0 Å². The van der Waals surface area contributed by atoms with E-state index in [0.717, 1.165) is 6.42 Å². The molecule has 0 unspecified atom stereocenters. The quantitative estimate of drug-likeness (QED) is 0.786. The average Bonchev–Trinajstić information content (AvgIpc) is 2.30. The number of amides is 1. The minimum Gasteiger partial charge on any atom is -0.508 e. The van der Waals surface area contributed by atoms with Crippen LogP contribution in [0.1, 0.15) is 23.7 Å². The molecule has 0 fully saturated rings. The fourth-order valence-electron chi connectivity index (χ4n) is 1.47. The van der Waals surface area contributed by atoms with E-state index in [1.807, 2.05) is 6.92 Å². The summed E-state index contributed by atoms with van der Waals surface area (Å²) >= 11 is 0. The smallest absolute Gasteiger partial charge is 0.253 e. The van der Waals surface area contributed by atoms with Crippen molar-refractivity contribution < 1.29 is 9.90 Å². The molecule has 0 saturated carbocycles. The first-order valence-corrected chi connectivity index (χ1v) is 5.47. The number of hydrogen-bond donors (Lipinski definition) is 2. The standard InChI is InChI=1S/C12H18N2O2/c1-2-14(9-3-8-13)12(16)10-4-6-11(15)7-5-10/h4-7,15H,2-3,8-9,13H2,1H3. The third kappa shape index (κ3) is 3.24. The fourth-order valence-corrected chi connectivity index (χ4v) is 1.47. The van der Waals surface area contributed by atoms with Crippen LogP contribution in [0.15, 0.2) is 24.3 Å². The molecule has 1 aromatic rings. The zero-order chi connectivity index (χ0) is 12.0. The number of hydrogen-bond acceptors (Lipinski definition) is 3. The van der Waals surface area contributed by atoms with E-state index in [0.29, 0.717) is 25.2 Å². The Balaban J connectivity index is 2.70. The molecule has 0 spiro atoms. The van der Waals surface area contributed by atoms with Gasteiger partial charge in [0.2, 0.25) is 0 Å². The summed E-state index contributed by atoms with van der Waals surface area (Å²) in [6.07, 6.45) is 0.803. The maximum Gasteiger partial charge on any atom is 0.253 e. The summed E-state index contributed by atoms with van der Waals surface area (Å²) in [5, 5.41) is 9.13. The number of nitrogens with two attached hydrogens (primary N) is 1. The molecular formula is C12H18N2O2. The lowest BCUT2D eigenvalue weighted by atomic mass is 10.2. The van der Waals surface area contributed by atoms with Gasteiger partial charge in [-0.15, -0.1) is 0 Å². The van der Waals surface area contributed by atoms with Gasteiger partial charge in [-0.25, -0.2) is 0 Å². The van der Waals surface area contributed by atoms with Gasteiger partial charge in [0.05, 0.1) is 0 Å². The topological polar surface area (TPSA) is 66.6 Å². The van der Waals surface area contributed by atoms with Crippen molar-refractivity contribution in [1.82, 2.24) is 4.90 Å². The predicted molar refractivity (Wildman–Crippen MR) is 63.4 cm³/mol. The molecule has 0 aliphatic carbocycles. The number of rotatable bonds is 5. The molecular weight excluding hydrogens is 204 g/mol. The Hall–Kier alpha value is -1.55. The molecule has 0 aliphatic heterocycles. The van der Waals surface area contributed by atoms with Gasteiger partial charge in [0.1, 0.15) is 5.75 Å². The van der Waals surface area contributed by atoms with E-state index in [-0.39, 0.29) is 11.7 Å². The molecule has 0 radical (unpaired) electrons. The lowest BCUT2D eigenvalue weighted by Crippen LogP contribution is -2.32. The van der Waals surface area contributed by atoms with Crippen molar-refractivity contribution in [2.75, 3.05) is 19.6 Å². The van der Waals surface area contributed by atoms with Gasteiger partial charge in [0.25, 0.3) is 5.91 Å². The van der Waals surface area contributed by atoms with Crippen molar-refractivity contribution >= 4 is 5.91 Å². The van der Waals surface area contributed by atoms with Crippen LogP contribution >= 0.6 is 0 Å². The van der Waals surface area contributed by atoms with E-state index < -0.39 is 0 Å². The molecule has 0 heterocycles. The number of aromatic hydroxyl groups is 1. The molecule has 0 aromatic heterocycles. The molecule has 88 valence electrons. The summed E-state index contributed by atoms with van der Waals surface area (Å²) in [4.78, 5) is 13.7. The molecule has 0 atom stereocenters. The third-order valence-electron chi connectivity index (χ3n) is 2.42. The Kier molecular flexibility index (Phi) is 4.79. The Morgan fingerprint density at radius 3 is 2.50 bits per heavy atom. The first kappa shape index (κ1) is 12.5. The highest BCUT2D eigenvalue weighted by atomic mass is 16.3. The van der Waals surface area contributed by atoms with Gasteiger partial charge in [-0.05, 0) is 44.2 Å². The summed E-state index contributed by atoms with van der Waals surface area (Å²) in [6, 6.07) is 6.29. The fraction of sp³-hybridized carbons (Fsp3) is 0.417. The Morgan fingerprint density at radius 1 is 1.38 bits per heavy atom. The van der Waals surface area contributed by atoms with Crippen LogP contribution in [0.3, 0.4) is 0 Å². The third-order valence-corrected chi connectivity index (χ3v) is 2.42. The molecule has 4 nitrogen and oxygen atoms in total. The number of phenols is 1. The van der Waals surface area contributed by atoms with Gasteiger partial charge < -0.3 is 15.7 Å². The van der Waals surface area contributed by atoms with Gasteiger partial charge in [-0.1, -0.05) is 0 Å². The molecule has 0 bridgehead atoms. The van der Waals surface area contributed by atoms with E-state index in [9.17, 15) is 4.79 Å². The number of nitrogens with zero attached hydrogens (tertiary/aromatic N) is 1.